The highest BCUT2D eigenvalue weighted by molar-refractivity contribution is 6.31. The average Bonchev–Trinajstić information content (AvgIpc) is 2.28. The molecule has 7 heteroatoms. The van der Waals surface area contributed by atoms with Crippen molar-refractivity contribution in [2.45, 2.75) is 26.6 Å². The molecule has 1 aromatic heterocycles. The van der Waals surface area contributed by atoms with Crippen LogP contribution in [0.25, 0.3) is 0 Å². The number of alkyl halides is 3. The van der Waals surface area contributed by atoms with Gasteiger partial charge >= 0.3 is 6.18 Å². The summed E-state index contributed by atoms with van der Waals surface area (Å²) in [7, 11) is 0. The fourth-order valence-electron chi connectivity index (χ4n) is 1.30. The lowest BCUT2D eigenvalue weighted by molar-refractivity contribution is -0.154. The Labute approximate surface area is 115 Å². The molecular weight excluding hydrogens is 281 g/mol. The summed E-state index contributed by atoms with van der Waals surface area (Å²) in [5.74, 6) is 0.381. The van der Waals surface area contributed by atoms with E-state index in [0.29, 0.717) is 23.2 Å². The van der Waals surface area contributed by atoms with Crippen molar-refractivity contribution in [3.63, 3.8) is 0 Å². The molecule has 0 aromatic carbocycles. The molecule has 0 unspecified atom stereocenters. The van der Waals surface area contributed by atoms with Crippen LogP contribution in [-0.4, -0.2) is 24.3 Å². The minimum atomic E-state index is -4.38. The summed E-state index contributed by atoms with van der Waals surface area (Å²) in [6.45, 7) is 3.89. The number of halogens is 4. The first kappa shape index (κ1) is 16.0. The van der Waals surface area contributed by atoms with Gasteiger partial charge in [-0.25, -0.2) is 4.98 Å². The van der Waals surface area contributed by atoms with E-state index in [2.05, 4.69) is 15.0 Å². The SMILES string of the molecule is CC(C)CNCc1nc(OCC(F)(F)F)ccc1Cl. The van der Waals surface area contributed by atoms with E-state index in [-0.39, 0.29) is 5.88 Å². The Morgan fingerprint density at radius 3 is 2.63 bits per heavy atom. The number of hydrogen-bond donors (Lipinski definition) is 1. The molecule has 0 radical (unpaired) electrons. The summed E-state index contributed by atoms with van der Waals surface area (Å²) in [4.78, 5) is 3.96. The molecule has 19 heavy (non-hydrogen) atoms. The number of hydrogen-bond acceptors (Lipinski definition) is 3. The standard InChI is InChI=1S/C12H16ClF3N2O/c1-8(2)5-17-6-10-9(13)3-4-11(18-10)19-7-12(14,15)16/h3-4,8,17H,5-7H2,1-2H3. The van der Waals surface area contributed by atoms with Crippen LogP contribution in [0.3, 0.4) is 0 Å². The second-order valence-corrected chi connectivity index (χ2v) is 4.91. The van der Waals surface area contributed by atoms with Gasteiger partial charge in [-0.1, -0.05) is 25.4 Å². The molecule has 1 N–H and O–H groups in total. The third kappa shape index (κ3) is 6.63. The first-order valence-electron chi connectivity index (χ1n) is 5.83. The first-order valence-corrected chi connectivity index (χ1v) is 6.21. The van der Waals surface area contributed by atoms with Gasteiger partial charge < -0.3 is 10.1 Å². The number of nitrogens with one attached hydrogen (secondary N) is 1. The second-order valence-electron chi connectivity index (χ2n) is 4.51. The van der Waals surface area contributed by atoms with Gasteiger partial charge in [0.2, 0.25) is 5.88 Å². The molecule has 0 aliphatic rings. The van der Waals surface area contributed by atoms with Crippen molar-refractivity contribution in [2.75, 3.05) is 13.2 Å². The van der Waals surface area contributed by atoms with E-state index < -0.39 is 12.8 Å². The molecule has 0 aliphatic heterocycles. The molecule has 0 atom stereocenters. The van der Waals surface area contributed by atoms with Crippen molar-refractivity contribution in [1.82, 2.24) is 10.3 Å². The molecule has 3 nitrogen and oxygen atoms in total. The maximum atomic E-state index is 12.0. The van der Waals surface area contributed by atoms with Crippen LogP contribution in [0.15, 0.2) is 12.1 Å². The zero-order valence-corrected chi connectivity index (χ0v) is 11.5. The van der Waals surface area contributed by atoms with E-state index >= 15 is 0 Å². The predicted octanol–water partition coefficient (Wildman–Crippen LogP) is 3.42. The molecule has 0 bridgehead atoms. The molecule has 0 aliphatic carbocycles. The van der Waals surface area contributed by atoms with Crippen LogP contribution in [0.5, 0.6) is 5.88 Å². The van der Waals surface area contributed by atoms with E-state index in [4.69, 9.17) is 11.6 Å². The third-order valence-electron chi connectivity index (χ3n) is 2.12. The number of aromatic nitrogens is 1. The van der Waals surface area contributed by atoms with Crippen LogP contribution in [0.4, 0.5) is 13.2 Å². The molecule has 0 saturated carbocycles. The van der Waals surface area contributed by atoms with E-state index in [1.54, 1.807) is 0 Å². The van der Waals surface area contributed by atoms with Gasteiger partial charge in [0.15, 0.2) is 6.61 Å². The van der Waals surface area contributed by atoms with Crippen molar-refractivity contribution in [3.05, 3.63) is 22.8 Å². The van der Waals surface area contributed by atoms with E-state index in [0.717, 1.165) is 6.54 Å². The van der Waals surface area contributed by atoms with Crippen molar-refractivity contribution in [3.8, 4) is 5.88 Å². The Morgan fingerprint density at radius 1 is 1.37 bits per heavy atom. The molecule has 0 spiro atoms. The smallest absolute Gasteiger partial charge is 0.422 e. The Kier molecular flexibility index (Phi) is 5.87. The van der Waals surface area contributed by atoms with Gasteiger partial charge in [0.1, 0.15) is 0 Å². The van der Waals surface area contributed by atoms with Crippen LogP contribution in [-0.2, 0) is 6.54 Å². The summed E-state index contributed by atoms with van der Waals surface area (Å²) in [6, 6.07) is 2.80. The van der Waals surface area contributed by atoms with Gasteiger partial charge in [0.25, 0.3) is 0 Å². The maximum absolute atomic E-state index is 12.0. The summed E-state index contributed by atoms with van der Waals surface area (Å²) in [5.41, 5.74) is 0.474. The van der Waals surface area contributed by atoms with E-state index in [1.165, 1.54) is 12.1 Å². The van der Waals surface area contributed by atoms with Gasteiger partial charge in [0, 0.05) is 12.6 Å². The minimum Gasteiger partial charge on any atom is -0.468 e. The number of nitrogens with zero attached hydrogens (tertiary/aromatic N) is 1. The second kappa shape index (κ2) is 6.96. The quantitative estimate of drug-likeness (QED) is 0.873. The molecule has 0 saturated heterocycles. The van der Waals surface area contributed by atoms with Crippen LogP contribution in [0.2, 0.25) is 5.02 Å². The largest absolute Gasteiger partial charge is 0.468 e. The Hall–Kier alpha value is -1.01. The molecular formula is C12H16ClF3N2O. The molecule has 1 rings (SSSR count). The summed E-state index contributed by atoms with van der Waals surface area (Å²) < 4.78 is 40.6. The lowest BCUT2D eigenvalue weighted by Crippen LogP contribution is -2.21. The lowest BCUT2D eigenvalue weighted by Gasteiger charge is -2.11. The number of ether oxygens (including phenoxy) is 1. The predicted molar refractivity (Wildman–Crippen MR) is 67.3 cm³/mol. The lowest BCUT2D eigenvalue weighted by atomic mass is 10.2. The monoisotopic (exact) mass is 296 g/mol. The Balaban J connectivity index is 2.61. The van der Waals surface area contributed by atoms with Gasteiger partial charge in [0.05, 0.1) is 10.7 Å². The van der Waals surface area contributed by atoms with Crippen molar-refractivity contribution < 1.29 is 17.9 Å². The molecule has 108 valence electrons. The molecule has 0 amide bonds. The van der Waals surface area contributed by atoms with Crippen LogP contribution in [0, 0.1) is 5.92 Å². The zero-order chi connectivity index (χ0) is 14.5. The van der Waals surface area contributed by atoms with Crippen molar-refractivity contribution in [2.24, 2.45) is 5.92 Å². The van der Waals surface area contributed by atoms with Crippen LogP contribution in [0.1, 0.15) is 19.5 Å². The number of rotatable bonds is 6. The van der Waals surface area contributed by atoms with Gasteiger partial charge in [-0.15, -0.1) is 0 Å². The van der Waals surface area contributed by atoms with Crippen LogP contribution >= 0.6 is 11.6 Å². The zero-order valence-electron chi connectivity index (χ0n) is 10.7. The maximum Gasteiger partial charge on any atom is 0.422 e. The first-order chi connectivity index (χ1) is 8.78. The third-order valence-corrected chi connectivity index (χ3v) is 2.47. The normalized spacial score (nSPS) is 11.9. The molecule has 0 fully saturated rings. The number of pyridine rings is 1. The highest BCUT2D eigenvalue weighted by Crippen LogP contribution is 2.20. The van der Waals surface area contributed by atoms with Gasteiger partial charge in [-0.3, -0.25) is 0 Å². The minimum absolute atomic E-state index is 0.0805. The Morgan fingerprint density at radius 2 is 2.05 bits per heavy atom. The van der Waals surface area contributed by atoms with Gasteiger partial charge in [-0.2, -0.15) is 13.2 Å². The van der Waals surface area contributed by atoms with Crippen molar-refractivity contribution in [1.29, 1.82) is 0 Å². The van der Waals surface area contributed by atoms with E-state index in [1.807, 2.05) is 13.8 Å². The fourth-order valence-corrected chi connectivity index (χ4v) is 1.48. The summed E-state index contributed by atoms with van der Waals surface area (Å²) >= 11 is 5.92. The highest BCUT2D eigenvalue weighted by atomic mass is 35.5. The van der Waals surface area contributed by atoms with Crippen LogP contribution < -0.4 is 10.1 Å². The topological polar surface area (TPSA) is 34.2 Å². The molecule has 1 aromatic rings. The summed E-state index contributed by atoms with van der Waals surface area (Å²) in [5, 5.41) is 3.52. The van der Waals surface area contributed by atoms with E-state index in [9.17, 15) is 13.2 Å². The highest BCUT2D eigenvalue weighted by Gasteiger charge is 2.28. The fraction of sp³-hybridized carbons (Fsp3) is 0.583. The molecule has 1 heterocycles. The summed E-state index contributed by atoms with van der Waals surface area (Å²) in [6.07, 6.45) is -4.38. The average molecular weight is 297 g/mol. The van der Waals surface area contributed by atoms with Crippen molar-refractivity contribution >= 4 is 11.6 Å². The van der Waals surface area contributed by atoms with Gasteiger partial charge in [-0.05, 0) is 18.5 Å². The Bertz CT molecular complexity index is 410.